The summed E-state index contributed by atoms with van der Waals surface area (Å²) >= 11 is 4.97. The SMILES string of the molecule is COc1ccc(NC(=S)NN)c(C(C)C)c1. The Labute approximate surface area is 101 Å². The van der Waals surface area contributed by atoms with E-state index in [2.05, 4.69) is 24.6 Å². The van der Waals surface area contributed by atoms with Crippen molar-refractivity contribution in [2.24, 2.45) is 5.84 Å². The highest BCUT2D eigenvalue weighted by molar-refractivity contribution is 7.80. The maximum Gasteiger partial charge on any atom is 0.185 e. The molecular formula is C11H17N3OS. The lowest BCUT2D eigenvalue weighted by atomic mass is 10.0. The van der Waals surface area contributed by atoms with Gasteiger partial charge in [0.15, 0.2) is 5.11 Å². The molecule has 0 saturated heterocycles. The molecule has 1 aromatic carbocycles. The van der Waals surface area contributed by atoms with Gasteiger partial charge in [0.05, 0.1) is 7.11 Å². The third-order valence-corrected chi connectivity index (χ3v) is 2.48. The second-order valence-electron chi connectivity index (χ2n) is 3.71. The second kappa shape index (κ2) is 5.67. The number of rotatable bonds is 3. The Balaban J connectivity index is 3.03. The summed E-state index contributed by atoms with van der Waals surface area (Å²) in [6.07, 6.45) is 0. The van der Waals surface area contributed by atoms with Gasteiger partial charge in [-0.3, -0.25) is 0 Å². The minimum Gasteiger partial charge on any atom is -0.497 e. The monoisotopic (exact) mass is 239 g/mol. The number of nitrogens with one attached hydrogen (secondary N) is 2. The van der Waals surface area contributed by atoms with E-state index < -0.39 is 0 Å². The van der Waals surface area contributed by atoms with Crippen molar-refractivity contribution in [3.8, 4) is 5.75 Å². The smallest absolute Gasteiger partial charge is 0.185 e. The van der Waals surface area contributed by atoms with Crippen LogP contribution in [0.25, 0.3) is 0 Å². The topological polar surface area (TPSA) is 59.3 Å². The van der Waals surface area contributed by atoms with E-state index >= 15 is 0 Å². The molecule has 0 saturated carbocycles. The molecule has 16 heavy (non-hydrogen) atoms. The number of methoxy groups -OCH3 is 1. The van der Waals surface area contributed by atoms with Crippen LogP contribution in [0.2, 0.25) is 0 Å². The number of hydrogen-bond donors (Lipinski definition) is 3. The van der Waals surface area contributed by atoms with Crippen molar-refractivity contribution in [2.45, 2.75) is 19.8 Å². The highest BCUT2D eigenvalue weighted by Gasteiger charge is 2.09. The van der Waals surface area contributed by atoms with Crippen LogP contribution in [0.1, 0.15) is 25.3 Å². The number of ether oxygens (including phenoxy) is 1. The van der Waals surface area contributed by atoms with Gasteiger partial charge in [0, 0.05) is 5.69 Å². The van der Waals surface area contributed by atoms with E-state index in [1.54, 1.807) is 7.11 Å². The van der Waals surface area contributed by atoms with Gasteiger partial charge < -0.3 is 15.5 Å². The first-order valence-corrected chi connectivity index (χ1v) is 5.44. The molecule has 0 fully saturated rings. The minimum absolute atomic E-state index is 0.373. The Hall–Kier alpha value is -1.33. The van der Waals surface area contributed by atoms with Crippen LogP contribution < -0.4 is 21.3 Å². The molecule has 88 valence electrons. The van der Waals surface area contributed by atoms with Crippen LogP contribution in [0.5, 0.6) is 5.75 Å². The summed E-state index contributed by atoms with van der Waals surface area (Å²) in [4.78, 5) is 0. The van der Waals surface area contributed by atoms with Gasteiger partial charge in [0.2, 0.25) is 0 Å². The molecule has 0 aliphatic carbocycles. The van der Waals surface area contributed by atoms with E-state index in [9.17, 15) is 0 Å². The lowest BCUT2D eigenvalue weighted by Crippen LogP contribution is -2.34. The molecule has 5 heteroatoms. The first kappa shape index (κ1) is 12.7. The number of nitrogens with two attached hydrogens (primary N) is 1. The average Bonchev–Trinajstić information content (AvgIpc) is 2.29. The molecule has 0 aliphatic rings. The highest BCUT2D eigenvalue weighted by atomic mass is 32.1. The molecule has 0 heterocycles. The molecule has 0 atom stereocenters. The lowest BCUT2D eigenvalue weighted by molar-refractivity contribution is 0.414. The van der Waals surface area contributed by atoms with Gasteiger partial charge in [0.1, 0.15) is 5.75 Å². The fraction of sp³-hybridized carbons (Fsp3) is 0.364. The number of anilines is 1. The van der Waals surface area contributed by atoms with Crippen LogP contribution >= 0.6 is 12.2 Å². The molecule has 0 spiro atoms. The maximum atomic E-state index is 5.22. The van der Waals surface area contributed by atoms with Crippen molar-refractivity contribution >= 4 is 23.0 Å². The highest BCUT2D eigenvalue weighted by Crippen LogP contribution is 2.28. The molecule has 0 aliphatic heterocycles. The summed E-state index contributed by atoms with van der Waals surface area (Å²) in [6.45, 7) is 4.22. The fourth-order valence-electron chi connectivity index (χ4n) is 1.42. The predicted molar refractivity (Wildman–Crippen MR) is 70.6 cm³/mol. The van der Waals surface area contributed by atoms with Crippen LogP contribution in [0.15, 0.2) is 18.2 Å². The summed E-state index contributed by atoms with van der Waals surface area (Å²) in [5, 5.41) is 3.43. The summed E-state index contributed by atoms with van der Waals surface area (Å²) in [6, 6.07) is 5.80. The van der Waals surface area contributed by atoms with Crippen LogP contribution in [-0.2, 0) is 0 Å². The second-order valence-corrected chi connectivity index (χ2v) is 4.11. The summed E-state index contributed by atoms with van der Waals surface area (Å²) in [5.74, 6) is 6.43. The summed E-state index contributed by atoms with van der Waals surface area (Å²) in [5.41, 5.74) is 4.48. The van der Waals surface area contributed by atoms with Crippen LogP contribution in [0, 0.1) is 0 Å². The molecule has 1 aromatic rings. The standard InChI is InChI=1S/C11H17N3OS/c1-7(2)9-6-8(15-3)4-5-10(9)13-11(16)14-12/h4-7H,12H2,1-3H3,(H2,13,14,16). The Kier molecular flexibility index (Phi) is 4.52. The Morgan fingerprint density at radius 1 is 1.44 bits per heavy atom. The van der Waals surface area contributed by atoms with Gasteiger partial charge in [-0.15, -0.1) is 0 Å². The van der Waals surface area contributed by atoms with Crippen molar-refractivity contribution in [1.29, 1.82) is 0 Å². The van der Waals surface area contributed by atoms with Gasteiger partial charge in [-0.05, 0) is 41.9 Å². The number of benzene rings is 1. The van der Waals surface area contributed by atoms with E-state index in [1.807, 2.05) is 18.2 Å². The maximum absolute atomic E-state index is 5.22. The quantitative estimate of drug-likeness (QED) is 0.428. The first-order chi connectivity index (χ1) is 7.58. The van der Waals surface area contributed by atoms with Crippen molar-refractivity contribution < 1.29 is 4.74 Å². The molecule has 4 nitrogen and oxygen atoms in total. The van der Waals surface area contributed by atoms with Crippen LogP contribution in [0.3, 0.4) is 0 Å². The Morgan fingerprint density at radius 3 is 2.62 bits per heavy atom. The van der Waals surface area contributed by atoms with Gasteiger partial charge in [0.25, 0.3) is 0 Å². The normalized spacial score (nSPS) is 10.1. The molecule has 0 radical (unpaired) electrons. The third kappa shape index (κ3) is 3.08. The first-order valence-electron chi connectivity index (χ1n) is 5.04. The third-order valence-electron chi connectivity index (χ3n) is 2.26. The van der Waals surface area contributed by atoms with Crippen molar-refractivity contribution in [1.82, 2.24) is 5.43 Å². The van der Waals surface area contributed by atoms with Crippen molar-refractivity contribution in [3.63, 3.8) is 0 Å². The fourth-order valence-corrected chi connectivity index (χ4v) is 1.53. The zero-order chi connectivity index (χ0) is 12.1. The summed E-state index contributed by atoms with van der Waals surface area (Å²) in [7, 11) is 1.65. The van der Waals surface area contributed by atoms with Crippen molar-refractivity contribution in [2.75, 3.05) is 12.4 Å². The zero-order valence-electron chi connectivity index (χ0n) is 9.70. The predicted octanol–water partition coefficient (Wildman–Crippen LogP) is 1.98. The van der Waals surface area contributed by atoms with Gasteiger partial charge in [-0.25, -0.2) is 5.84 Å². The zero-order valence-corrected chi connectivity index (χ0v) is 10.5. The summed E-state index contributed by atoms with van der Waals surface area (Å²) < 4.78 is 5.19. The van der Waals surface area contributed by atoms with Gasteiger partial charge in [-0.2, -0.15) is 0 Å². The largest absolute Gasteiger partial charge is 0.497 e. The molecule has 1 rings (SSSR count). The molecule has 0 amide bonds. The van der Waals surface area contributed by atoms with E-state index in [0.29, 0.717) is 11.0 Å². The number of thiocarbonyl (C=S) groups is 1. The Bertz CT molecular complexity index is 379. The molecule has 0 unspecified atom stereocenters. The number of hydrazine groups is 1. The molecule has 0 aromatic heterocycles. The van der Waals surface area contributed by atoms with Gasteiger partial charge >= 0.3 is 0 Å². The van der Waals surface area contributed by atoms with E-state index in [4.69, 9.17) is 22.8 Å². The van der Waals surface area contributed by atoms with E-state index in [0.717, 1.165) is 17.0 Å². The van der Waals surface area contributed by atoms with Crippen molar-refractivity contribution in [3.05, 3.63) is 23.8 Å². The van der Waals surface area contributed by atoms with Gasteiger partial charge in [-0.1, -0.05) is 13.8 Å². The van der Waals surface area contributed by atoms with Crippen LogP contribution in [-0.4, -0.2) is 12.2 Å². The minimum atomic E-state index is 0.373. The molecular weight excluding hydrogens is 222 g/mol. The Morgan fingerprint density at radius 2 is 2.12 bits per heavy atom. The average molecular weight is 239 g/mol. The van der Waals surface area contributed by atoms with Crippen LogP contribution in [0.4, 0.5) is 5.69 Å². The van der Waals surface area contributed by atoms with E-state index in [1.165, 1.54) is 0 Å². The molecule has 4 N–H and O–H groups in total. The molecule has 0 bridgehead atoms. The lowest BCUT2D eigenvalue weighted by Gasteiger charge is -2.16. The van der Waals surface area contributed by atoms with E-state index in [-0.39, 0.29) is 0 Å². The number of hydrogen-bond acceptors (Lipinski definition) is 3.